The van der Waals surface area contributed by atoms with Gasteiger partial charge < -0.3 is 0 Å². The van der Waals surface area contributed by atoms with Gasteiger partial charge in [-0.1, -0.05) is 6.42 Å². The molecule has 1 aliphatic carbocycles. The average Bonchev–Trinajstić information content (AvgIpc) is 2.60. The molecule has 1 saturated carbocycles. The first kappa shape index (κ1) is 14.1. The maximum atomic E-state index is 4.15. The summed E-state index contributed by atoms with van der Waals surface area (Å²) in [4.78, 5) is 5.95. The Morgan fingerprint density at radius 1 is 0.870 bits per heavy atom. The fourth-order valence-corrected chi connectivity index (χ4v) is 8.25. The lowest BCUT2D eigenvalue weighted by Crippen LogP contribution is -2.80. The minimum absolute atomic E-state index is 0.596. The number of nitrogens with zero attached hydrogens (tertiary/aromatic N) is 2. The van der Waals surface area contributed by atoms with Gasteiger partial charge in [-0.3, -0.25) is 15.1 Å². The van der Waals surface area contributed by atoms with Gasteiger partial charge in [-0.15, -0.1) is 0 Å². The summed E-state index contributed by atoms with van der Waals surface area (Å²) in [5, 5.41) is 4.15. The van der Waals surface area contributed by atoms with Crippen LogP contribution < -0.4 is 5.32 Å². The van der Waals surface area contributed by atoms with Crippen LogP contribution in [-0.2, 0) is 0 Å². The van der Waals surface area contributed by atoms with Crippen LogP contribution in [0, 0.1) is 17.3 Å². The fourth-order valence-electron chi connectivity index (χ4n) is 8.25. The van der Waals surface area contributed by atoms with Gasteiger partial charge in [0.15, 0.2) is 0 Å². The van der Waals surface area contributed by atoms with E-state index < -0.39 is 0 Å². The minimum Gasteiger partial charge on any atom is -0.299 e. The minimum atomic E-state index is 0.596. The number of hydrogen-bond acceptors (Lipinski definition) is 3. The van der Waals surface area contributed by atoms with E-state index in [4.69, 9.17) is 0 Å². The van der Waals surface area contributed by atoms with E-state index in [1.807, 2.05) is 0 Å². The van der Waals surface area contributed by atoms with Gasteiger partial charge >= 0.3 is 0 Å². The molecule has 6 rings (SSSR count). The Bertz CT molecular complexity index is 493. The third-order valence-corrected chi connectivity index (χ3v) is 8.80. The number of rotatable bonds is 0. The van der Waals surface area contributed by atoms with Crippen molar-refractivity contribution in [3.05, 3.63) is 0 Å². The first-order valence-electron chi connectivity index (χ1n) is 10.6. The van der Waals surface area contributed by atoms with Crippen molar-refractivity contribution >= 4 is 0 Å². The largest absolute Gasteiger partial charge is 0.299 e. The molecule has 0 aromatic heterocycles. The van der Waals surface area contributed by atoms with E-state index >= 15 is 0 Å². The van der Waals surface area contributed by atoms with Crippen LogP contribution in [0.3, 0.4) is 0 Å². The highest BCUT2D eigenvalue weighted by Gasteiger charge is 2.63. The predicted molar refractivity (Wildman–Crippen MR) is 92.1 cm³/mol. The lowest BCUT2D eigenvalue weighted by Gasteiger charge is -2.70. The van der Waals surface area contributed by atoms with Crippen LogP contribution in [0.25, 0.3) is 0 Å². The highest BCUT2D eigenvalue weighted by atomic mass is 15.4. The molecular formula is C20H33N3. The molecule has 5 heterocycles. The first-order chi connectivity index (χ1) is 11.4. The number of fused-ring (bicyclic) bond motifs is 6. The summed E-state index contributed by atoms with van der Waals surface area (Å²) in [7, 11) is 0. The lowest BCUT2D eigenvalue weighted by atomic mass is 9.50. The van der Waals surface area contributed by atoms with Crippen LogP contribution in [0.2, 0.25) is 0 Å². The SMILES string of the molecule is C1CCN2C[C@@]34C[C@H](C[C@H]5CCCN([C@@H]53)[C@H]3CCC[C@@H]4N3)[C@@H]2C1. The standard InChI is InChI=1S/C20H33N3/c1-2-9-22-13-20-12-15(16(22)6-1)11-14-5-4-10-23(19(14)20)18-8-3-7-17(20)21-18/h14-19,21H,1-13H2/t14-,15+,16+,17+,18+,19+,20-/m1/s1. The number of nitrogens with one attached hydrogen (secondary N) is 1. The van der Waals surface area contributed by atoms with E-state index in [1.165, 1.54) is 71.0 Å². The lowest BCUT2D eigenvalue weighted by molar-refractivity contribution is -0.198. The zero-order chi connectivity index (χ0) is 15.0. The summed E-state index contributed by atoms with van der Waals surface area (Å²) < 4.78 is 0. The Labute approximate surface area is 141 Å². The third kappa shape index (κ3) is 1.82. The Morgan fingerprint density at radius 2 is 1.87 bits per heavy atom. The Kier molecular flexibility index (Phi) is 3.04. The Morgan fingerprint density at radius 3 is 2.87 bits per heavy atom. The van der Waals surface area contributed by atoms with Crippen molar-refractivity contribution in [2.45, 2.75) is 88.5 Å². The van der Waals surface area contributed by atoms with Crippen molar-refractivity contribution in [1.29, 1.82) is 0 Å². The molecule has 0 aromatic rings. The molecular weight excluding hydrogens is 282 g/mol. The van der Waals surface area contributed by atoms with Crippen LogP contribution in [0.5, 0.6) is 0 Å². The molecule has 5 aliphatic heterocycles. The van der Waals surface area contributed by atoms with Gasteiger partial charge in [-0.2, -0.15) is 0 Å². The van der Waals surface area contributed by atoms with Crippen LogP contribution in [-0.4, -0.2) is 53.7 Å². The molecule has 0 radical (unpaired) electrons. The normalized spacial score (nSPS) is 55.8. The van der Waals surface area contributed by atoms with Crippen molar-refractivity contribution in [2.24, 2.45) is 17.3 Å². The zero-order valence-electron chi connectivity index (χ0n) is 14.6. The maximum absolute atomic E-state index is 4.15. The second-order valence-corrected chi connectivity index (χ2v) is 9.72. The van der Waals surface area contributed by atoms with Crippen molar-refractivity contribution < 1.29 is 0 Å². The molecule has 3 nitrogen and oxygen atoms in total. The Balaban J connectivity index is 1.44. The highest BCUT2D eigenvalue weighted by Crippen LogP contribution is 2.59. The molecule has 6 aliphatic rings. The van der Waals surface area contributed by atoms with E-state index in [2.05, 4.69) is 15.1 Å². The van der Waals surface area contributed by atoms with Crippen molar-refractivity contribution in [1.82, 2.24) is 15.1 Å². The second-order valence-electron chi connectivity index (χ2n) is 9.72. The molecule has 3 heteroatoms. The smallest absolute Gasteiger partial charge is 0.0602 e. The molecule has 128 valence electrons. The molecule has 0 unspecified atom stereocenters. The molecule has 1 N–H and O–H groups in total. The maximum Gasteiger partial charge on any atom is 0.0602 e. The topological polar surface area (TPSA) is 18.5 Å². The van der Waals surface area contributed by atoms with Gasteiger partial charge in [-0.25, -0.2) is 0 Å². The third-order valence-electron chi connectivity index (χ3n) is 8.80. The summed E-state index contributed by atoms with van der Waals surface area (Å²) in [6, 6.07) is 2.70. The number of piperidine rings is 4. The van der Waals surface area contributed by atoms with Gasteiger partial charge in [-0.05, 0) is 82.7 Å². The first-order valence-corrected chi connectivity index (χ1v) is 10.6. The van der Waals surface area contributed by atoms with Gasteiger partial charge in [0.25, 0.3) is 0 Å². The molecule has 6 fully saturated rings. The fraction of sp³-hybridized carbons (Fsp3) is 1.00. The highest BCUT2D eigenvalue weighted by molar-refractivity contribution is 5.18. The molecule has 5 saturated heterocycles. The quantitative estimate of drug-likeness (QED) is 0.741. The van der Waals surface area contributed by atoms with Crippen molar-refractivity contribution in [3.63, 3.8) is 0 Å². The average molecular weight is 316 g/mol. The monoisotopic (exact) mass is 315 g/mol. The summed E-state index contributed by atoms with van der Waals surface area (Å²) >= 11 is 0. The van der Waals surface area contributed by atoms with E-state index in [1.54, 1.807) is 12.8 Å². The molecule has 1 spiro atoms. The van der Waals surface area contributed by atoms with Crippen molar-refractivity contribution in [3.8, 4) is 0 Å². The summed E-state index contributed by atoms with van der Waals surface area (Å²) in [5.41, 5.74) is 0.596. The summed E-state index contributed by atoms with van der Waals surface area (Å²) in [6.07, 6.45) is 15.6. The summed E-state index contributed by atoms with van der Waals surface area (Å²) in [6.45, 7) is 4.20. The predicted octanol–water partition coefficient (Wildman–Crippen LogP) is 2.81. The van der Waals surface area contributed by atoms with Crippen LogP contribution in [0.1, 0.15) is 64.2 Å². The second kappa shape index (κ2) is 4.95. The Hall–Kier alpha value is -0.120. The summed E-state index contributed by atoms with van der Waals surface area (Å²) in [5.74, 6) is 2.04. The molecule has 0 aromatic carbocycles. The molecule has 7 atom stereocenters. The van der Waals surface area contributed by atoms with E-state index in [0.717, 1.165) is 36.1 Å². The molecule has 23 heavy (non-hydrogen) atoms. The van der Waals surface area contributed by atoms with Crippen LogP contribution >= 0.6 is 0 Å². The van der Waals surface area contributed by atoms with E-state index in [-0.39, 0.29) is 0 Å². The van der Waals surface area contributed by atoms with E-state index in [0.29, 0.717) is 5.41 Å². The number of hydrogen-bond donors (Lipinski definition) is 1. The van der Waals surface area contributed by atoms with Crippen molar-refractivity contribution in [2.75, 3.05) is 19.6 Å². The molecule has 0 amide bonds. The van der Waals surface area contributed by atoms with Gasteiger partial charge in [0, 0.05) is 30.1 Å². The zero-order valence-corrected chi connectivity index (χ0v) is 14.6. The van der Waals surface area contributed by atoms with Gasteiger partial charge in [0.1, 0.15) is 0 Å². The van der Waals surface area contributed by atoms with Crippen LogP contribution in [0.15, 0.2) is 0 Å². The van der Waals surface area contributed by atoms with Crippen LogP contribution in [0.4, 0.5) is 0 Å². The van der Waals surface area contributed by atoms with Gasteiger partial charge in [0.2, 0.25) is 0 Å². The molecule has 4 bridgehead atoms. The van der Waals surface area contributed by atoms with E-state index in [9.17, 15) is 0 Å². The van der Waals surface area contributed by atoms with Gasteiger partial charge in [0.05, 0.1) is 6.17 Å².